The number of phenols is 1. The van der Waals surface area contributed by atoms with Crippen molar-refractivity contribution in [3.05, 3.63) is 48.0 Å². The van der Waals surface area contributed by atoms with Crippen LogP contribution in [0.5, 0.6) is 5.75 Å². The van der Waals surface area contributed by atoms with Gasteiger partial charge in [0.2, 0.25) is 0 Å². The molecule has 1 aromatic heterocycles. The Kier molecular flexibility index (Phi) is 4.36. The summed E-state index contributed by atoms with van der Waals surface area (Å²) in [4.78, 5) is 4.13. The lowest BCUT2D eigenvalue weighted by Crippen LogP contribution is -2.18. The Bertz CT molecular complexity index is 476. The molecular weight excluding hydrogens is 226 g/mol. The second-order valence-corrected chi connectivity index (χ2v) is 4.26. The lowest BCUT2D eigenvalue weighted by Gasteiger charge is -2.07. The molecule has 0 aliphatic carbocycles. The van der Waals surface area contributed by atoms with Crippen LogP contribution in [0.25, 0.3) is 0 Å². The van der Waals surface area contributed by atoms with Gasteiger partial charge >= 0.3 is 0 Å². The molecule has 4 nitrogen and oxygen atoms in total. The van der Waals surface area contributed by atoms with E-state index in [1.807, 2.05) is 24.7 Å². The molecule has 0 spiro atoms. The molecule has 0 bridgehead atoms. The average Bonchev–Trinajstić information content (AvgIpc) is 2.84. The highest BCUT2D eigenvalue weighted by Crippen LogP contribution is 2.09. The van der Waals surface area contributed by atoms with Gasteiger partial charge in [0, 0.05) is 19.3 Å². The van der Waals surface area contributed by atoms with Crippen LogP contribution >= 0.6 is 0 Å². The van der Waals surface area contributed by atoms with Crippen LogP contribution in [0.4, 0.5) is 0 Å². The normalized spacial score (nSPS) is 10.7. The number of nitrogens with one attached hydrogen (secondary N) is 1. The highest BCUT2D eigenvalue weighted by Gasteiger charge is 1.99. The zero-order chi connectivity index (χ0) is 12.8. The number of hydrogen-bond acceptors (Lipinski definition) is 3. The molecule has 0 amide bonds. The highest BCUT2D eigenvalue weighted by atomic mass is 16.3. The van der Waals surface area contributed by atoms with Gasteiger partial charge in [-0.2, -0.15) is 0 Å². The van der Waals surface area contributed by atoms with E-state index < -0.39 is 0 Å². The van der Waals surface area contributed by atoms with Gasteiger partial charge in [-0.15, -0.1) is 0 Å². The maximum atomic E-state index is 9.19. The molecule has 1 heterocycles. The summed E-state index contributed by atoms with van der Waals surface area (Å²) in [5.74, 6) is 0.318. The first-order chi connectivity index (χ1) is 8.79. The summed E-state index contributed by atoms with van der Waals surface area (Å²) >= 11 is 0. The summed E-state index contributed by atoms with van der Waals surface area (Å²) in [5.41, 5.74) is 2.44. The van der Waals surface area contributed by atoms with Gasteiger partial charge in [-0.05, 0) is 37.6 Å². The second kappa shape index (κ2) is 6.21. The monoisotopic (exact) mass is 245 g/mol. The molecule has 0 saturated carbocycles. The molecule has 0 unspecified atom stereocenters. The molecule has 2 aromatic rings. The molecule has 96 valence electrons. The van der Waals surface area contributed by atoms with Crippen molar-refractivity contribution in [3.8, 4) is 5.75 Å². The van der Waals surface area contributed by atoms with E-state index in [9.17, 15) is 5.11 Å². The number of nitrogens with zero attached hydrogens (tertiary/aromatic N) is 2. The zero-order valence-electron chi connectivity index (χ0n) is 10.6. The minimum absolute atomic E-state index is 0.318. The smallest absolute Gasteiger partial charge is 0.115 e. The molecule has 1 aromatic carbocycles. The molecule has 0 saturated heterocycles. The van der Waals surface area contributed by atoms with Crippen molar-refractivity contribution < 1.29 is 5.11 Å². The molecule has 2 rings (SSSR count). The molecule has 18 heavy (non-hydrogen) atoms. The third kappa shape index (κ3) is 3.34. The minimum Gasteiger partial charge on any atom is -0.508 e. The zero-order valence-corrected chi connectivity index (χ0v) is 10.6. The maximum Gasteiger partial charge on any atom is 0.115 e. The molecule has 0 aliphatic rings. The van der Waals surface area contributed by atoms with Crippen molar-refractivity contribution in [3.63, 3.8) is 0 Å². The first kappa shape index (κ1) is 12.6. The Labute approximate surface area is 107 Å². The molecule has 0 aliphatic heterocycles. The predicted octanol–water partition coefficient (Wildman–Crippen LogP) is 1.94. The summed E-state index contributed by atoms with van der Waals surface area (Å²) in [6.07, 6.45) is 4.72. The average molecular weight is 245 g/mol. The maximum absolute atomic E-state index is 9.19. The first-order valence-electron chi connectivity index (χ1n) is 6.27. The van der Waals surface area contributed by atoms with Crippen molar-refractivity contribution in [1.29, 1.82) is 0 Å². The Morgan fingerprint density at radius 2 is 2.06 bits per heavy atom. The Morgan fingerprint density at radius 1 is 1.28 bits per heavy atom. The number of aromatic nitrogens is 2. The van der Waals surface area contributed by atoms with Crippen LogP contribution in [0.3, 0.4) is 0 Å². The fourth-order valence-electron chi connectivity index (χ4n) is 1.89. The van der Waals surface area contributed by atoms with Crippen LogP contribution in [-0.4, -0.2) is 21.2 Å². The Hall–Kier alpha value is -1.81. The van der Waals surface area contributed by atoms with Gasteiger partial charge in [-0.1, -0.05) is 12.1 Å². The molecule has 0 fully saturated rings. The number of phenolic OH excluding ortho intramolecular Hbond substituents is 1. The van der Waals surface area contributed by atoms with Gasteiger partial charge in [0.05, 0.1) is 12.0 Å². The molecule has 2 N–H and O–H groups in total. The fraction of sp³-hybridized carbons (Fsp3) is 0.357. The van der Waals surface area contributed by atoms with Crippen LogP contribution in [0.1, 0.15) is 18.2 Å². The minimum atomic E-state index is 0.318. The van der Waals surface area contributed by atoms with Crippen molar-refractivity contribution in [2.75, 3.05) is 6.54 Å². The van der Waals surface area contributed by atoms with E-state index in [-0.39, 0.29) is 0 Å². The number of rotatable bonds is 6. The standard InChI is InChI=1S/C14H19N3O/c1-2-17-11-16-10-13(17)9-15-8-7-12-3-5-14(18)6-4-12/h3-6,10-11,15,18H,2,7-9H2,1H3. The lowest BCUT2D eigenvalue weighted by molar-refractivity contribution is 0.475. The van der Waals surface area contributed by atoms with Gasteiger partial charge in [0.15, 0.2) is 0 Å². The van der Waals surface area contributed by atoms with Gasteiger partial charge in [0.1, 0.15) is 5.75 Å². The lowest BCUT2D eigenvalue weighted by atomic mass is 10.1. The summed E-state index contributed by atoms with van der Waals surface area (Å²) in [6.45, 7) is 4.82. The van der Waals surface area contributed by atoms with E-state index in [4.69, 9.17) is 0 Å². The number of hydrogen-bond donors (Lipinski definition) is 2. The molecule has 4 heteroatoms. The second-order valence-electron chi connectivity index (χ2n) is 4.26. The first-order valence-corrected chi connectivity index (χ1v) is 6.27. The van der Waals surface area contributed by atoms with Gasteiger partial charge in [0.25, 0.3) is 0 Å². The van der Waals surface area contributed by atoms with E-state index in [0.717, 1.165) is 26.1 Å². The third-order valence-electron chi connectivity index (χ3n) is 2.97. The number of benzene rings is 1. The molecular formula is C14H19N3O. The summed E-state index contributed by atoms with van der Waals surface area (Å²) in [7, 11) is 0. The number of aromatic hydroxyl groups is 1. The summed E-state index contributed by atoms with van der Waals surface area (Å²) < 4.78 is 2.13. The Balaban J connectivity index is 1.74. The highest BCUT2D eigenvalue weighted by molar-refractivity contribution is 5.25. The fourth-order valence-corrected chi connectivity index (χ4v) is 1.89. The van der Waals surface area contributed by atoms with E-state index in [2.05, 4.69) is 21.8 Å². The summed E-state index contributed by atoms with van der Waals surface area (Å²) in [6, 6.07) is 7.35. The number of imidazole rings is 1. The van der Waals surface area contributed by atoms with Gasteiger partial charge in [-0.3, -0.25) is 0 Å². The third-order valence-corrected chi connectivity index (χ3v) is 2.97. The quantitative estimate of drug-likeness (QED) is 0.765. The van der Waals surface area contributed by atoms with E-state index in [1.54, 1.807) is 12.1 Å². The van der Waals surface area contributed by atoms with Crippen molar-refractivity contribution in [1.82, 2.24) is 14.9 Å². The van der Waals surface area contributed by atoms with Crippen LogP contribution in [-0.2, 0) is 19.5 Å². The molecule has 0 radical (unpaired) electrons. The topological polar surface area (TPSA) is 50.1 Å². The van der Waals surface area contributed by atoms with Gasteiger partial charge < -0.3 is 15.0 Å². The number of aryl methyl sites for hydroxylation is 1. The largest absolute Gasteiger partial charge is 0.508 e. The van der Waals surface area contributed by atoms with Crippen LogP contribution in [0, 0.1) is 0 Å². The van der Waals surface area contributed by atoms with Crippen molar-refractivity contribution in [2.24, 2.45) is 0 Å². The van der Waals surface area contributed by atoms with E-state index >= 15 is 0 Å². The van der Waals surface area contributed by atoms with Crippen LogP contribution < -0.4 is 5.32 Å². The predicted molar refractivity (Wildman–Crippen MR) is 71.4 cm³/mol. The Morgan fingerprint density at radius 3 is 2.78 bits per heavy atom. The SMILES string of the molecule is CCn1cncc1CNCCc1ccc(O)cc1. The van der Waals surface area contributed by atoms with E-state index in [0.29, 0.717) is 5.75 Å². The summed E-state index contributed by atoms with van der Waals surface area (Å²) in [5, 5.41) is 12.6. The van der Waals surface area contributed by atoms with Gasteiger partial charge in [-0.25, -0.2) is 4.98 Å². The van der Waals surface area contributed by atoms with Crippen molar-refractivity contribution in [2.45, 2.75) is 26.4 Å². The van der Waals surface area contributed by atoms with E-state index in [1.165, 1.54) is 11.3 Å². The van der Waals surface area contributed by atoms with Crippen molar-refractivity contribution >= 4 is 0 Å². The molecule has 0 atom stereocenters. The van der Waals surface area contributed by atoms with Crippen LogP contribution in [0.2, 0.25) is 0 Å². The van der Waals surface area contributed by atoms with Crippen LogP contribution in [0.15, 0.2) is 36.8 Å².